The summed E-state index contributed by atoms with van der Waals surface area (Å²) in [7, 11) is 0. The lowest BCUT2D eigenvalue weighted by Crippen LogP contribution is -2.36. The summed E-state index contributed by atoms with van der Waals surface area (Å²) in [4.78, 5) is 15.1. The van der Waals surface area contributed by atoms with E-state index in [-0.39, 0.29) is 35.7 Å². The molecular weight excluding hydrogens is 314 g/mol. The predicted octanol–water partition coefficient (Wildman–Crippen LogP) is 3.65. The Morgan fingerprint density at radius 1 is 1.22 bits per heavy atom. The highest BCUT2D eigenvalue weighted by atomic mass is 35.5. The minimum atomic E-state index is -0.163. The zero-order valence-electron chi connectivity index (χ0n) is 13.4. The van der Waals surface area contributed by atoms with Gasteiger partial charge in [0.25, 0.3) is 0 Å². The highest BCUT2D eigenvalue weighted by molar-refractivity contribution is 6.12. The third-order valence-corrected chi connectivity index (χ3v) is 4.70. The lowest BCUT2D eigenvalue weighted by molar-refractivity contribution is 0.0868. The highest BCUT2D eigenvalue weighted by Crippen LogP contribution is 2.37. The summed E-state index contributed by atoms with van der Waals surface area (Å²) in [6, 6.07) is 6.82. The molecule has 2 aromatic rings. The first kappa shape index (κ1) is 17.6. The highest BCUT2D eigenvalue weighted by Gasteiger charge is 2.26. The fraction of sp³-hybridized carbons (Fsp3) is 0.389. The Balaban J connectivity index is 0.00000192. The van der Waals surface area contributed by atoms with Crippen LogP contribution in [0.25, 0.3) is 10.8 Å². The molecule has 1 aliphatic rings. The van der Waals surface area contributed by atoms with Gasteiger partial charge in [0.05, 0.1) is 6.04 Å². The van der Waals surface area contributed by atoms with Crippen LogP contribution in [0, 0.1) is 6.92 Å². The van der Waals surface area contributed by atoms with Crippen molar-refractivity contribution in [3.8, 4) is 11.5 Å². The second-order valence-electron chi connectivity index (χ2n) is 6.06. The van der Waals surface area contributed by atoms with Crippen LogP contribution in [0.15, 0.2) is 24.3 Å². The zero-order chi connectivity index (χ0) is 15.9. The third-order valence-electron chi connectivity index (χ3n) is 4.70. The van der Waals surface area contributed by atoms with E-state index in [0.717, 1.165) is 36.7 Å². The molecule has 1 atom stereocenters. The molecule has 0 aromatic heterocycles. The number of phenolic OH excluding ortho intramolecular Hbond substituents is 2. The summed E-state index contributed by atoms with van der Waals surface area (Å²) in [5.41, 5.74) is 1.16. The first-order valence-corrected chi connectivity index (χ1v) is 7.73. The second kappa shape index (κ2) is 6.77. The lowest BCUT2D eigenvalue weighted by atomic mass is 9.94. The number of rotatable bonds is 3. The Labute approximate surface area is 142 Å². The number of hydrogen-bond donors (Lipinski definition) is 2. The number of hydrogen-bond acceptors (Lipinski definition) is 4. The number of carbonyl (C=O) groups is 1. The number of aryl methyl sites for hydroxylation is 1. The van der Waals surface area contributed by atoms with Crippen molar-refractivity contribution in [3.05, 3.63) is 35.4 Å². The van der Waals surface area contributed by atoms with E-state index in [1.807, 2.05) is 19.1 Å². The van der Waals surface area contributed by atoms with E-state index in [2.05, 4.69) is 4.90 Å². The number of aromatic hydroxyl groups is 2. The van der Waals surface area contributed by atoms with E-state index < -0.39 is 0 Å². The Morgan fingerprint density at radius 3 is 2.52 bits per heavy atom. The van der Waals surface area contributed by atoms with Crippen molar-refractivity contribution in [2.75, 3.05) is 13.1 Å². The SMILES string of the molecule is Cc1c(O)c(O)cc2cccc(C(=O)C(C)N3CCCC3)c12.Cl. The monoisotopic (exact) mass is 335 g/mol. The van der Waals surface area contributed by atoms with E-state index in [1.165, 1.54) is 6.07 Å². The Morgan fingerprint density at radius 2 is 1.87 bits per heavy atom. The van der Waals surface area contributed by atoms with Gasteiger partial charge >= 0.3 is 0 Å². The van der Waals surface area contributed by atoms with Gasteiger partial charge in [0.2, 0.25) is 0 Å². The number of nitrogens with zero attached hydrogens (tertiary/aromatic N) is 1. The molecular formula is C18H22ClNO3. The van der Waals surface area contributed by atoms with Gasteiger partial charge in [-0.2, -0.15) is 0 Å². The van der Waals surface area contributed by atoms with Gasteiger partial charge in [-0.1, -0.05) is 18.2 Å². The number of Topliss-reactive ketones (excluding diaryl/α,β-unsaturated/α-hetero) is 1. The topological polar surface area (TPSA) is 60.8 Å². The van der Waals surface area contributed by atoms with Crippen molar-refractivity contribution >= 4 is 29.0 Å². The van der Waals surface area contributed by atoms with Gasteiger partial charge in [-0.25, -0.2) is 0 Å². The fourth-order valence-electron chi connectivity index (χ4n) is 3.36. The summed E-state index contributed by atoms with van der Waals surface area (Å²) < 4.78 is 0. The molecule has 0 radical (unpaired) electrons. The van der Waals surface area contributed by atoms with Crippen molar-refractivity contribution in [1.82, 2.24) is 4.90 Å². The van der Waals surface area contributed by atoms with Crippen LogP contribution in [0.2, 0.25) is 0 Å². The molecule has 1 aliphatic heterocycles. The standard InChI is InChI=1S/C18H21NO3.ClH/c1-11-16-13(10-15(20)17(11)21)6-5-7-14(16)18(22)12(2)19-8-3-4-9-19;/h5-7,10,12,20-21H,3-4,8-9H2,1-2H3;1H. The summed E-state index contributed by atoms with van der Waals surface area (Å²) in [5.74, 6) is -0.232. The Hall–Kier alpha value is -1.78. The molecule has 0 aliphatic carbocycles. The molecule has 0 bridgehead atoms. The largest absolute Gasteiger partial charge is 0.504 e. The minimum Gasteiger partial charge on any atom is -0.504 e. The van der Waals surface area contributed by atoms with Crippen LogP contribution in [0.1, 0.15) is 35.7 Å². The van der Waals surface area contributed by atoms with Crippen molar-refractivity contribution in [2.24, 2.45) is 0 Å². The van der Waals surface area contributed by atoms with Crippen LogP contribution >= 0.6 is 12.4 Å². The van der Waals surface area contributed by atoms with Gasteiger partial charge < -0.3 is 10.2 Å². The Bertz CT molecular complexity index is 739. The van der Waals surface area contributed by atoms with Crippen molar-refractivity contribution in [3.63, 3.8) is 0 Å². The number of carbonyl (C=O) groups excluding carboxylic acids is 1. The average molecular weight is 336 g/mol. The van der Waals surface area contributed by atoms with Gasteiger partial charge in [0.1, 0.15) is 0 Å². The maximum absolute atomic E-state index is 12.9. The van der Waals surface area contributed by atoms with E-state index in [0.29, 0.717) is 11.1 Å². The molecule has 0 saturated carbocycles. The lowest BCUT2D eigenvalue weighted by Gasteiger charge is -2.23. The summed E-state index contributed by atoms with van der Waals surface area (Å²) >= 11 is 0. The number of halogens is 1. The molecule has 124 valence electrons. The first-order chi connectivity index (χ1) is 10.5. The van der Waals surface area contributed by atoms with Crippen LogP contribution in [0.5, 0.6) is 11.5 Å². The van der Waals surface area contributed by atoms with E-state index in [9.17, 15) is 15.0 Å². The first-order valence-electron chi connectivity index (χ1n) is 7.73. The smallest absolute Gasteiger partial charge is 0.180 e. The van der Waals surface area contributed by atoms with E-state index in [4.69, 9.17) is 0 Å². The summed E-state index contributed by atoms with van der Waals surface area (Å²) in [6.45, 7) is 5.60. The maximum atomic E-state index is 12.9. The number of ketones is 1. The van der Waals surface area contributed by atoms with Crippen LogP contribution in [-0.4, -0.2) is 40.0 Å². The predicted molar refractivity (Wildman–Crippen MR) is 93.9 cm³/mol. The molecule has 2 N–H and O–H groups in total. The minimum absolute atomic E-state index is 0. The molecule has 1 fully saturated rings. The summed E-state index contributed by atoms with van der Waals surface area (Å²) in [6.07, 6.45) is 2.28. The van der Waals surface area contributed by atoms with Crippen LogP contribution in [-0.2, 0) is 0 Å². The average Bonchev–Trinajstić information content (AvgIpc) is 3.05. The normalized spacial score (nSPS) is 16.3. The van der Waals surface area contributed by atoms with Gasteiger partial charge in [-0.15, -0.1) is 12.4 Å². The maximum Gasteiger partial charge on any atom is 0.180 e. The molecule has 4 nitrogen and oxygen atoms in total. The number of phenols is 2. The van der Waals surface area contributed by atoms with Crippen molar-refractivity contribution < 1.29 is 15.0 Å². The number of benzene rings is 2. The third kappa shape index (κ3) is 3.01. The van der Waals surface area contributed by atoms with Crippen molar-refractivity contribution in [1.29, 1.82) is 0 Å². The number of likely N-dealkylation sites (tertiary alicyclic amines) is 1. The molecule has 0 spiro atoms. The van der Waals surface area contributed by atoms with Crippen LogP contribution in [0.3, 0.4) is 0 Å². The van der Waals surface area contributed by atoms with Crippen molar-refractivity contribution in [2.45, 2.75) is 32.7 Å². The quantitative estimate of drug-likeness (QED) is 0.664. The molecule has 5 heteroatoms. The van der Waals surface area contributed by atoms with E-state index >= 15 is 0 Å². The molecule has 1 saturated heterocycles. The molecule has 2 aromatic carbocycles. The zero-order valence-corrected chi connectivity index (χ0v) is 14.2. The van der Waals surface area contributed by atoms with E-state index in [1.54, 1.807) is 13.0 Å². The van der Waals surface area contributed by atoms with Crippen LogP contribution < -0.4 is 0 Å². The van der Waals surface area contributed by atoms with Crippen LogP contribution in [0.4, 0.5) is 0 Å². The molecule has 23 heavy (non-hydrogen) atoms. The van der Waals surface area contributed by atoms with Gasteiger partial charge in [0, 0.05) is 11.1 Å². The molecule has 1 unspecified atom stereocenters. The fourth-order valence-corrected chi connectivity index (χ4v) is 3.36. The number of fused-ring (bicyclic) bond motifs is 1. The van der Waals surface area contributed by atoms with Gasteiger partial charge in [-0.05, 0) is 56.6 Å². The Kier molecular flexibility index (Phi) is 5.17. The second-order valence-corrected chi connectivity index (χ2v) is 6.06. The molecule has 0 amide bonds. The summed E-state index contributed by atoms with van der Waals surface area (Å²) in [5, 5.41) is 21.3. The molecule has 3 rings (SSSR count). The van der Waals surface area contributed by atoms with Gasteiger partial charge in [-0.3, -0.25) is 9.69 Å². The van der Waals surface area contributed by atoms with Gasteiger partial charge in [0.15, 0.2) is 17.3 Å². The molecule has 1 heterocycles.